The van der Waals surface area contributed by atoms with Crippen molar-refractivity contribution in [3.05, 3.63) is 35.6 Å². The van der Waals surface area contributed by atoms with Gasteiger partial charge in [0.05, 0.1) is 12.0 Å². The molecular formula is C14H16FNO3. The van der Waals surface area contributed by atoms with Crippen LogP contribution in [0.25, 0.3) is 0 Å². The van der Waals surface area contributed by atoms with Crippen LogP contribution in [0.1, 0.15) is 25.3 Å². The van der Waals surface area contributed by atoms with Gasteiger partial charge in [-0.3, -0.25) is 9.59 Å². The molecule has 1 N–H and O–H groups in total. The van der Waals surface area contributed by atoms with Gasteiger partial charge >= 0.3 is 5.97 Å². The molecule has 5 heteroatoms. The lowest BCUT2D eigenvalue weighted by Crippen LogP contribution is -2.38. The molecule has 0 radical (unpaired) electrons. The van der Waals surface area contributed by atoms with Gasteiger partial charge in [-0.05, 0) is 25.8 Å². The first kappa shape index (κ1) is 13.5. The van der Waals surface area contributed by atoms with Crippen molar-refractivity contribution >= 4 is 11.9 Å². The topological polar surface area (TPSA) is 55.4 Å². The van der Waals surface area contributed by atoms with Crippen LogP contribution in [0, 0.1) is 5.82 Å². The van der Waals surface area contributed by atoms with Crippen LogP contribution in [-0.2, 0) is 19.7 Å². The Balaban J connectivity index is 2.03. The fourth-order valence-electron chi connectivity index (χ4n) is 2.13. The maximum Gasteiger partial charge on any atom is 0.325 e. The van der Waals surface area contributed by atoms with Gasteiger partial charge in [-0.15, -0.1) is 0 Å². The van der Waals surface area contributed by atoms with Gasteiger partial charge in [-0.2, -0.15) is 0 Å². The second kappa shape index (κ2) is 5.38. The first-order valence-electron chi connectivity index (χ1n) is 6.29. The predicted octanol–water partition coefficient (Wildman–Crippen LogP) is 1.54. The molecule has 1 aromatic carbocycles. The zero-order chi connectivity index (χ0) is 13.9. The quantitative estimate of drug-likeness (QED) is 0.822. The van der Waals surface area contributed by atoms with Crippen LogP contribution < -0.4 is 5.32 Å². The minimum atomic E-state index is -0.808. The molecule has 2 rings (SSSR count). The van der Waals surface area contributed by atoms with E-state index in [0.717, 1.165) is 0 Å². The molecule has 1 amide bonds. The summed E-state index contributed by atoms with van der Waals surface area (Å²) in [4.78, 5) is 23.3. The van der Waals surface area contributed by atoms with Crippen molar-refractivity contribution in [2.75, 3.05) is 13.2 Å². The Labute approximate surface area is 110 Å². The highest BCUT2D eigenvalue weighted by Gasteiger charge is 2.52. The fraction of sp³-hybridized carbons (Fsp3) is 0.429. The minimum absolute atomic E-state index is 0.178. The number of halogens is 1. The maximum absolute atomic E-state index is 13.7. The van der Waals surface area contributed by atoms with Gasteiger partial charge < -0.3 is 10.1 Å². The number of carbonyl (C=O) groups is 2. The Morgan fingerprint density at radius 3 is 2.63 bits per heavy atom. The largest absolute Gasteiger partial charge is 0.465 e. The van der Waals surface area contributed by atoms with Gasteiger partial charge in [0.2, 0.25) is 5.91 Å². The van der Waals surface area contributed by atoms with Crippen molar-refractivity contribution in [1.82, 2.24) is 5.32 Å². The van der Waals surface area contributed by atoms with E-state index in [0.29, 0.717) is 18.4 Å². The van der Waals surface area contributed by atoms with Crippen LogP contribution >= 0.6 is 0 Å². The fourth-order valence-corrected chi connectivity index (χ4v) is 2.13. The number of benzene rings is 1. The lowest BCUT2D eigenvalue weighted by molar-refractivity contribution is -0.143. The monoisotopic (exact) mass is 265 g/mol. The normalized spacial score (nSPS) is 15.7. The molecule has 1 aliphatic carbocycles. The Morgan fingerprint density at radius 2 is 2.05 bits per heavy atom. The summed E-state index contributed by atoms with van der Waals surface area (Å²) in [6, 6.07) is 6.25. The van der Waals surface area contributed by atoms with Crippen LogP contribution in [0.3, 0.4) is 0 Å². The van der Waals surface area contributed by atoms with Gasteiger partial charge in [0.25, 0.3) is 0 Å². The second-order valence-electron chi connectivity index (χ2n) is 4.55. The van der Waals surface area contributed by atoms with Crippen molar-refractivity contribution < 1.29 is 18.7 Å². The molecule has 0 aliphatic heterocycles. The number of carbonyl (C=O) groups excluding carboxylic acids is 2. The number of ether oxygens (including phenoxy) is 1. The summed E-state index contributed by atoms with van der Waals surface area (Å²) in [7, 11) is 0. The van der Waals surface area contributed by atoms with Crippen molar-refractivity contribution in [3.8, 4) is 0 Å². The number of nitrogens with one attached hydrogen (secondary N) is 1. The minimum Gasteiger partial charge on any atom is -0.465 e. The zero-order valence-corrected chi connectivity index (χ0v) is 10.7. The van der Waals surface area contributed by atoms with Crippen molar-refractivity contribution in [1.29, 1.82) is 0 Å². The van der Waals surface area contributed by atoms with E-state index in [2.05, 4.69) is 5.32 Å². The number of rotatable bonds is 5. The van der Waals surface area contributed by atoms with Gasteiger partial charge in [0.1, 0.15) is 12.4 Å². The average molecular weight is 265 g/mol. The molecule has 1 fully saturated rings. The van der Waals surface area contributed by atoms with E-state index in [4.69, 9.17) is 4.74 Å². The van der Waals surface area contributed by atoms with Crippen LogP contribution in [0.2, 0.25) is 0 Å². The van der Waals surface area contributed by atoms with Crippen LogP contribution in [0.4, 0.5) is 4.39 Å². The highest BCUT2D eigenvalue weighted by Crippen LogP contribution is 2.49. The molecule has 4 nitrogen and oxygen atoms in total. The maximum atomic E-state index is 13.7. The van der Waals surface area contributed by atoms with Gasteiger partial charge in [-0.25, -0.2) is 4.39 Å². The zero-order valence-electron chi connectivity index (χ0n) is 10.7. The first-order chi connectivity index (χ1) is 9.10. The third-order valence-electron chi connectivity index (χ3n) is 3.27. The molecular weight excluding hydrogens is 249 g/mol. The Hall–Kier alpha value is -1.91. The Bertz CT molecular complexity index is 497. The summed E-state index contributed by atoms with van der Waals surface area (Å²) in [6.07, 6.45) is 1.20. The third-order valence-corrected chi connectivity index (χ3v) is 3.27. The Kier molecular flexibility index (Phi) is 3.83. The summed E-state index contributed by atoms with van der Waals surface area (Å²) >= 11 is 0. The predicted molar refractivity (Wildman–Crippen MR) is 67.0 cm³/mol. The van der Waals surface area contributed by atoms with Crippen molar-refractivity contribution in [2.24, 2.45) is 0 Å². The number of esters is 1. The molecule has 0 atom stereocenters. The molecule has 19 heavy (non-hydrogen) atoms. The summed E-state index contributed by atoms with van der Waals surface area (Å²) in [5, 5.41) is 2.52. The van der Waals surface area contributed by atoms with E-state index >= 15 is 0 Å². The molecule has 1 saturated carbocycles. The molecule has 102 valence electrons. The van der Waals surface area contributed by atoms with Gasteiger partial charge in [-0.1, -0.05) is 18.2 Å². The molecule has 0 saturated heterocycles. The Morgan fingerprint density at radius 1 is 1.37 bits per heavy atom. The van der Waals surface area contributed by atoms with E-state index < -0.39 is 11.4 Å². The molecule has 0 unspecified atom stereocenters. The van der Waals surface area contributed by atoms with Crippen LogP contribution in [0.5, 0.6) is 0 Å². The molecule has 1 aromatic rings. The van der Waals surface area contributed by atoms with Crippen LogP contribution in [-0.4, -0.2) is 25.0 Å². The molecule has 0 spiro atoms. The molecule has 0 bridgehead atoms. The lowest BCUT2D eigenvalue weighted by Gasteiger charge is -2.16. The van der Waals surface area contributed by atoms with E-state index in [1.807, 2.05) is 0 Å². The number of hydrogen-bond donors (Lipinski definition) is 1. The van der Waals surface area contributed by atoms with E-state index in [1.165, 1.54) is 6.07 Å². The average Bonchev–Trinajstić information content (AvgIpc) is 3.18. The van der Waals surface area contributed by atoms with E-state index in [9.17, 15) is 14.0 Å². The smallest absolute Gasteiger partial charge is 0.325 e. The van der Waals surface area contributed by atoms with Gasteiger partial charge in [0.15, 0.2) is 0 Å². The van der Waals surface area contributed by atoms with E-state index in [1.54, 1.807) is 25.1 Å². The first-order valence-corrected chi connectivity index (χ1v) is 6.29. The van der Waals surface area contributed by atoms with Gasteiger partial charge in [0, 0.05) is 5.56 Å². The summed E-state index contributed by atoms with van der Waals surface area (Å²) in [5.41, 5.74) is -0.408. The highest BCUT2D eigenvalue weighted by molar-refractivity contribution is 5.93. The second-order valence-corrected chi connectivity index (χ2v) is 4.55. The van der Waals surface area contributed by atoms with Crippen LogP contribution in [0.15, 0.2) is 24.3 Å². The lowest BCUT2D eigenvalue weighted by atomic mass is 9.94. The SMILES string of the molecule is CCOC(=O)CNC(=O)C1(c2ccccc2F)CC1. The third kappa shape index (κ3) is 2.75. The number of amides is 1. The van der Waals surface area contributed by atoms with E-state index in [-0.39, 0.29) is 24.9 Å². The molecule has 1 aliphatic rings. The summed E-state index contributed by atoms with van der Waals surface area (Å²) in [5.74, 6) is -1.18. The highest BCUT2D eigenvalue weighted by atomic mass is 19.1. The van der Waals surface area contributed by atoms with Crippen molar-refractivity contribution in [3.63, 3.8) is 0 Å². The summed E-state index contributed by atoms with van der Waals surface area (Å²) in [6.45, 7) is 1.79. The standard InChI is InChI=1S/C14H16FNO3/c1-2-19-12(17)9-16-13(18)14(7-8-14)10-5-3-4-6-11(10)15/h3-6H,2,7-9H2,1H3,(H,16,18). The van der Waals surface area contributed by atoms with Crippen molar-refractivity contribution in [2.45, 2.75) is 25.2 Å². The molecule has 0 heterocycles. The molecule has 0 aromatic heterocycles. The number of hydrogen-bond acceptors (Lipinski definition) is 3. The summed E-state index contributed by atoms with van der Waals surface area (Å²) < 4.78 is 18.5.